The molecule has 7 nitrogen and oxygen atoms in total. The average molecular weight is 422 g/mol. The Morgan fingerprint density at radius 1 is 1.00 bits per heavy atom. The van der Waals surface area contributed by atoms with Crippen molar-refractivity contribution in [3.63, 3.8) is 0 Å². The number of nitrogens with one attached hydrogen (secondary N) is 3. The zero-order valence-electron chi connectivity index (χ0n) is 17.3. The van der Waals surface area contributed by atoms with Crippen molar-refractivity contribution >= 4 is 11.7 Å². The lowest BCUT2D eigenvalue weighted by Gasteiger charge is -2.19. The van der Waals surface area contributed by atoms with Gasteiger partial charge in [-0.2, -0.15) is 10.4 Å². The summed E-state index contributed by atoms with van der Waals surface area (Å²) >= 11 is 0. The number of aromatic nitrogens is 3. The van der Waals surface area contributed by atoms with Gasteiger partial charge in [-0.15, -0.1) is 0 Å². The van der Waals surface area contributed by atoms with Crippen LogP contribution in [-0.4, -0.2) is 27.6 Å². The lowest BCUT2D eigenvalue weighted by molar-refractivity contribution is -0.118. The molecule has 0 bridgehead atoms. The maximum Gasteiger partial charge on any atom is 0.247 e. The highest BCUT2D eigenvalue weighted by atomic mass is 16.2. The fourth-order valence-electron chi connectivity index (χ4n) is 3.36. The van der Waals surface area contributed by atoms with Crippen LogP contribution in [0.15, 0.2) is 85.3 Å². The van der Waals surface area contributed by atoms with Crippen molar-refractivity contribution in [1.29, 1.82) is 5.26 Å². The quantitative estimate of drug-likeness (QED) is 0.400. The summed E-state index contributed by atoms with van der Waals surface area (Å²) in [5.41, 5.74) is 4.45. The second kappa shape index (κ2) is 10.2. The lowest BCUT2D eigenvalue weighted by Crippen LogP contribution is -2.34. The Balaban J connectivity index is 1.42. The highest BCUT2D eigenvalue weighted by Crippen LogP contribution is 2.19. The molecule has 4 aromatic rings. The maximum atomic E-state index is 13.1. The zero-order valence-corrected chi connectivity index (χ0v) is 17.3. The number of benzene rings is 2. The van der Waals surface area contributed by atoms with Gasteiger partial charge in [0.15, 0.2) is 0 Å². The van der Waals surface area contributed by atoms with Crippen LogP contribution < -0.4 is 10.6 Å². The van der Waals surface area contributed by atoms with Gasteiger partial charge < -0.3 is 10.6 Å². The molecule has 7 heteroatoms. The molecule has 0 aliphatic rings. The summed E-state index contributed by atoms with van der Waals surface area (Å²) in [7, 11) is 0. The predicted octanol–water partition coefficient (Wildman–Crippen LogP) is 3.86. The zero-order chi connectivity index (χ0) is 22.2. The Kier molecular flexibility index (Phi) is 6.66. The van der Waals surface area contributed by atoms with Gasteiger partial charge in [0.2, 0.25) is 5.91 Å². The average Bonchev–Trinajstić information content (AvgIpc) is 3.38. The van der Waals surface area contributed by atoms with E-state index < -0.39 is 6.04 Å². The number of hydrogen-bond acceptors (Lipinski definition) is 5. The van der Waals surface area contributed by atoms with Crippen LogP contribution in [0.2, 0.25) is 0 Å². The SMILES string of the molecule is N#Cc1ccc(CCNC(C(=O)Nc2ccc(-c3cn[nH]c3)cn2)c2ccccc2)cc1. The topological polar surface area (TPSA) is 106 Å². The van der Waals surface area contributed by atoms with Crippen molar-refractivity contribution in [2.75, 3.05) is 11.9 Å². The first kappa shape index (κ1) is 21.0. The fourth-order valence-corrected chi connectivity index (χ4v) is 3.36. The number of hydrogen-bond donors (Lipinski definition) is 3. The molecule has 158 valence electrons. The Morgan fingerprint density at radius 3 is 2.47 bits per heavy atom. The standard InChI is InChI=1S/C25H22N6O/c26-14-19-8-6-18(7-9-19)12-13-27-24(20-4-2-1-3-5-20)25(32)31-23-11-10-21(15-28-23)22-16-29-30-17-22/h1-11,15-17,24,27H,12-13H2,(H,29,30)(H,28,31,32). The third kappa shape index (κ3) is 5.25. The summed E-state index contributed by atoms with van der Waals surface area (Å²) in [5.74, 6) is 0.302. The van der Waals surface area contributed by atoms with Gasteiger partial charge in [-0.25, -0.2) is 4.98 Å². The Morgan fingerprint density at radius 2 is 1.81 bits per heavy atom. The van der Waals surface area contributed by atoms with Crippen molar-refractivity contribution < 1.29 is 4.79 Å². The van der Waals surface area contributed by atoms with Crippen LogP contribution in [0.4, 0.5) is 5.82 Å². The first-order valence-electron chi connectivity index (χ1n) is 10.3. The molecule has 4 rings (SSSR count). The van der Waals surface area contributed by atoms with E-state index in [0.717, 1.165) is 28.7 Å². The number of carbonyl (C=O) groups excluding carboxylic acids is 1. The molecule has 1 atom stereocenters. The Bertz CT molecular complexity index is 1180. The number of carbonyl (C=O) groups is 1. The number of nitrogens with zero attached hydrogens (tertiary/aromatic N) is 3. The monoisotopic (exact) mass is 422 g/mol. The molecular formula is C25H22N6O. The first-order chi connectivity index (χ1) is 15.7. The number of anilines is 1. The van der Waals surface area contributed by atoms with Crippen LogP contribution in [0, 0.1) is 11.3 Å². The van der Waals surface area contributed by atoms with Gasteiger partial charge >= 0.3 is 0 Å². The molecule has 0 fully saturated rings. The van der Waals surface area contributed by atoms with E-state index in [-0.39, 0.29) is 5.91 Å². The molecular weight excluding hydrogens is 400 g/mol. The minimum atomic E-state index is -0.523. The van der Waals surface area contributed by atoms with Crippen molar-refractivity contribution in [3.8, 4) is 17.2 Å². The number of aromatic amines is 1. The van der Waals surface area contributed by atoms with Crippen LogP contribution in [0.1, 0.15) is 22.7 Å². The summed E-state index contributed by atoms with van der Waals surface area (Å²) in [5, 5.41) is 21.9. The molecule has 2 aromatic carbocycles. The molecule has 0 aliphatic heterocycles. The van der Waals surface area contributed by atoms with Crippen molar-refractivity contribution in [2.45, 2.75) is 12.5 Å². The van der Waals surface area contributed by atoms with Crippen molar-refractivity contribution in [3.05, 3.63) is 102 Å². The van der Waals surface area contributed by atoms with Crippen LogP contribution in [0.3, 0.4) is 0 Å². The minimum absolute atomic E-state index is 0.181. The largest absolute Gasteiger partial charge is 0.309 e. The van der Waals surface area contributed by atoms with Crippen LogP contribution >= 0.6 is 0 Å². The molecule has 0 radical (unpaired) electrons. The van der Waals surface area contributed by atoms with Crippen LogP contribution in [0.5, 0.6) is 0 Å². The molecule has 1 amide bonds. The fraction of sp³-hybridized carbons (Fsp3) is 0.120. The Labute approximate surface area is 186 Å². The van der Waals surface area contributed by atoms with E-state index >= 15 is 0 Å². The van der Waals surface area contributed by atoms with E-state index in [9.17, 15) is 4.79 Å². The van der Waals surface area contributed by atoms with Gasteiger partial charge in [-0.1, -0.05) is 42.5 Å². The molecule has 32 heavy (non-hydrogen) atoms. The lowest BCUT2D eigenvalue weighted by atomic mass is 10.0. The maximum absolute atomic E-state index is 13.1. The molecule has 2 aromatic heterocycles. The van der Waals surface area contributed by atoms with Gasteiger partial charge in [0.25, 0.3) is 0 Å². The molecule has 0 spiro atoms. The number of amides is 1. The second-order valence-corrected chi connectivity index (χ2v) is 7.26. The summed E-state index contributed by atoms with van der Waals surface area (Å²) in [4.78, 5) is 17.5. The third-order valence-corrected chi connectivity index (χ3v) is 5.09. The molecule has 2 heterocycles. The number of pyridine rings is 1. The van der Waals surface area contributed by atoms with E-state index in [1.807, 2.05) is 48.5 Å². The number of rotatable bonds is 8. The summed E-state index contributed by atoms with van der Waals surface area (Å²) < 4.78 is 0. The molecule has 0 saturated carbocycles. The molecule has 0 aliphatic carbocycles. The highest BCUT2D eigenvalue weighted by Gasteiger charge is 2.20. The molecule has 1 unspecified atom stereocenters. The van der Waals surface area contributed by atoms with E-state index in [0.29, 0.717) is 17.9 Å². The summed E-state index contributed by atoms with van der Waals surface area (Å²) in [6.07, 6.45) is 5.95. The van der Waals surface area contributed by atoms with Gasteiger partial charge in [0.1, 0.15) is 11.9 Å². The number of nitriles is 1. The van der Waals surface area contributed by atoms with Crippen molar-refractivity contribution in [1.82, 2.24) is 20.5 Å². The van der Waals surface area contributed by atoms with Gasteiger partial charge in [-0.05, 0) is 41.8 Å². The second-order valence-electron chi connectivity index (χ2n) is 7.26. The number of H-pyrrole nitrogens is 1. The van der Waals surface area contributed by atoms with Gasteiger partial charge in [-0.3, -0.25) is 9.89 Å². The summed E-state index contributed by atoms with van der Waals surface area (Å²) in [6, 6.07) is 22.3. The van der Waals surface area contributed by atoms with Gasteiger partial charge in [0, 0.05) is 30.1 Å². The normalized spacial score (nSPS) is 11.5. The van der Waals surface area contributed by atoms with E-state index in [4.69, 9.17) is 5.26 Å². The Hall–Kier alpha value is -4.28. The highest BCUT2D eigenvalue weighted by molar-refractivity contribution is 5.94. The van der Waals surface area contributed by atoms with Crippen molar-refractivity contribution in [2.24, 2.45) is 0 Å². The predicted molar refractivity (Wildman–Crippen MR) is 122 cm³/mol. The minimum Gasteiger partial charge on any atom is -0.309 e. The van der Waals surface area contributed by atoms with Crippen LogP contribution in [-0.2, 0) is 11.2 Å². The summed E-state index contributed by atoms with van der Waals surface area (Å²) in [6.45, 7) is 0.603. The third-order valence-electron chi connectivity index (χ3n) is 5.09. The first-order valence-corrected chi connectivity index (χ1v) is 10.3. The smallest absolute Gasteiger partial charge is 0.247 e. The molecule has 3 N–H and O–H groups in total. The van der Waals surface area contributed by atoms with E-state index in [1.165, 1.54) is 0 Å². The van der Waals surface area contributed by atoms with Gasteiger partial charge in [0.05, 0.1) is 17.8 Å². The van der Waals surface area contributed by atoms with E-state index in [1.54, 1.807) is 36.8 Å². The van der Waals surface area contributed by atoms with E-state index in [2.05, 4.69) is 31.9 Å². The molecule has 0 saturated heterocycles. The van der Waals surface area contributed by atoms with Crippen LogP contribution in [0.25, 0.3) is 11.1 Å².